The summed E-state index contributed by atoms with van der Waals surface area (Å²) in [6, 6.07) is 31.0. The molecular weight excluding hydrogens is 608 g/mol. The number of H-pyrrole nitrogens is 1. The summed E-state index contributed by atoms with van der Waals surface area (Å²) in [6.07, 6.45) is 3.00. The van der Waals surface area contributed by atoms with Crippen molar-refractivity contribution in [3.05, 3.63) is 131 Å². The third-order valence-electron chi connectivity index (χ3n) is 7.71. The first kappa shape index (κ1) is 33.2. The van der Waals surface area contributed by atoms with Gasteiger partial charge < -0.3 is 31.0 Å². The number of aryl methyl sites for hydroxylation is 1. The Morgan fingerprint density at radius 1 is 0.812 bits per heavy atom. The molecular formula is C38H34N4O6. The zero-order chi connectivity index (χ0) is 34.0. The molecule has 5 rings (SSSR count). The normalized spacial score (nSPS) is 11.7. The van der Waals surface area contributed by atoms with E-state index in [0.29, 0.717) is 34.9 Å². The quantitative estimate of drug-likeness (QED) is 0.0483. The Labute approximate surface area is 277 Å². The van der Waals surface area contributed by atoms with Crippen molar-refractivity contribution in [2.75, 3.05) is 6.54 Å². The van der Waals surface area contributed by atoms with Crippen molar-refractivity contribution in [3.8, 4) is 33.9 Å². The Bertz CT molecular complexity index is 1930. The van der Waals surface area contributed by atoms with Crippen molar-refractivity contribution < 1.29 is 29.7 Å². The highest BCUT2D eigenvalue weighted by molar-refractivity contribution is 6.01. The molecule has 0 spiro atoms. The number of aliphatic hydroxyl groups is 1. The van der Waals surface area contributed by atoms with Crippen LogP contribution in [0.25, 0.3) is 40.0 Å². The molecule has 0 aliphatic rings. The summed E-state index contributed by atoms with van der Waals surface area (Å²) in [5.74, 6) is -2.07. The number of aromatic nitrogens is 2. The molecule has 0 saturated carbocycles. The minimum atomic E-state index is -1.66. The number of aliphatic hydroxyl groups excluding tert-OH is 1. The molecule has 0 aliphatic carbocycles. The number of nitrogens with zero attached hydrogens (tertiary/aromatic N) is 1. The number of aromatic carboxylic acids is 1. The van der Waals surface area contributed by atoms with Crippen molar-refractivity contribution in [1.82, 2.24) is 15.3 Å². The molecule has 0 bridgehead atoms. The van der Waals surface area contributed by atoms with Gasteiger partial charge in [0.25, 0.3) is 0 Å². The molecule has 0 radical (unpaired) electrons. The highest BCUT2D eigenvalue weighted by atomic mass is 16.4. The third-order valence-corrected chi connectivity index (χ3v) is 7.71. The average Bonchev–Trinajstić information content (AvgIpc) is 3.55. The highest BCUT2D eigenvalue weighted by Crippen LogP contribution is 2.34. The number of carboxylic acid groups (broad SMARTS) is 2. The summed E-state index contributed by atoms with van der Waals surface area (Å²) < 4.78 is 0. The lowest BCUT2D eigenvalue weighted by molar-refractivity contribution is -0.146. The summed E-state index contributed by atoms with van der Waals surface area (Å²) in [7, 11) is 0. The maximum absolute atomic E-state index is 12.4. The van der Waals surface area contributed by atoms with E-state index in [1.165, 1.54) is 23.8 Å². The van der Waals surface area contributed by atoms with Crippen LogP contribution in [0.5, 0.6) is 0 Å². The average molecular weight is 643 g/mol. The molecule has 48 heavy (non-hydrogen) atoms. The van der Waals surface area contributed by atoms with E-state index in [1.807, 2.05) is 42.5 Å². The van der Waals surface area contributed by atoms with Crippen LogP contribution in [0.2, 0.25) is 0 Å². The van der Waals surface area contributed by atoms with E-state index < -0.39 is 18.0 Å². The summed E-state index contributed by atoms with van der Waals surface area (Å²) in [5.41, 5.74) is 6.20. The standard InChI is InChI=1S/C38H34N4O6/c39-31(23-32(43)38(47)48)26-13-15-28(16-14-26)35-34(41-36(42-35)29-17-19-30(20-18-29)37(45)46)27-11-8-25(9-12-27)10-21-33(44)40-22-4-7-24-5-2-1-3-6-24/h1-3,5-6,8-21,32,39,43H,4,7,22-23H2,(H,40,44)(H,41,42)(H,45,46)(H,47,48)/b21-10+,39-31?. The third kappa shape index (κ3) is 8.56. The van der Waals surface area contributed by atoms with Crippen molar-refractivity contribution in [2.45, 2.75) is 25.4 Å². The van der Waals surface area contributed by atoms with E-state index in [9.17, 15) is 24.6 Å². The van der Waals surface area contributed by atoms with Crippen LogP contribution in [0.15, 0.2) is 109 Å². The Morgan fingerprint density at radius 3 is 2.08 bits per heavy atom. The molecule has 1 amide bonds. The van der Waals surface area contributed by atoms with Crippen molar-refractivity contribution in [2.24, 2.45) is 0 Å². The smallest absolute Gasteiger partial charge is 0.335 e. The van der Waals surface area contributed by atoms with E-state index >= 15 is 0 Å². The molecule has 6 N–H and O–H groups in total. The number of carboxylic acids is 2. The first-order valence-corrected chi connectivity index (χ1v) is 15.3. The van der Waals surface area contributed by atoms with Gasteiger partial charge in [-0.15, -0.1) is 0 Å². The number of nitrogens with one attached hydrogen (secondary N) is 3. The molecule has 0 fully saturated rings. The Balaban J connectivity index is 1.34. The zero-order valence-electron chi connectivity index (χ0n) is 25.9. The maximum Gasteiger partial charge on any atom is 0.335 e. The molecule has 242 valence electrons. The van der Waals surface area contributed by atoms with Gasteiger partial charge in [0, 0.05) is 41.4 Å². The minimum Gasteiger partial charge on any atom is -0.479 e. The number of hydrogen-bond donors (Lipinski definition) is 6. The second-order valence-corrected chi connectivity index (χ2v) is 11.1. The number of rotatable bonds is 14. The molecule has 0 saturated heterocycles. The van der Waals surface area contributed by atoms with Crippen LogP contribution in [0.3, 0.4) is 0 Å². The number of hydrogen-bond acceptors (Lipinski definition) is 6. The number of amides is 1. The number of aromatic amines is 1. The van der Waals surface area contributed by atoms with Crippen LogP contribution >= 0.6 is 0 Å². The SMILES string of the molecule is N=C(CC(O)C(=O)O)c1ccc(-c2nc(-c3ccc(C(=O)O)cc3)[nH]c2-c2ccc(/C=C/C(=O)NCCCc3ccccc3)cc2)cc1. The summed E-state index contributed by atoms with van der Waals surface area (Å²) in [6.45, 7) is 0.577. The lowest BCUT2D eigenvalue weighted by atomic mass is 9.99. The Hall–Kier alpha value is -6.13. The lowest BCUT2D eigenvalue weighted by Gasteiger charge is -2.09. The number of carbonyl (C=O) groups excluding carboxylic acids is 1. The molecule has 10 nitrogen and oxygen atoms in total. The molecule has 1 aromatic heterocycles. The van der Waals surface area contributed by atoms with Gasteiger partial charge in [-0.05, 0) is 47.7 Å². The molecule has 5 aromatic rings. The first-order valence-electron chi connectivity index (χ1n) is 15.3. The second-order valence-electron chi connectivity index (χ2n) is 11.1. The summed E-state index contributed by atoms with van der Waals surface area (Å²) in [5, 5.41) is 39.1. The molecule has 1 heterocycles. The molecule has 0 aliphatic heterocycles. The first-order chi connectivity index (χ1) is 23.2. The van der Waals surface area contributed by atoms with E-state index in [-0.39, 0.29) is 23.6 Å². The van der Waals surface area contributed by atoms with Gasteiger partial charge in [0.1, 0.15) is 5.82 Å². The number of carbonyl (C=O) groups is 3. The highest BCUT2D eigenvalue weighted by Gasteiger charge is 2.19. The van der Waals surface area contributed by atoms with Gasteiger partial charge in [0.05, 0.1) is 17.0 Å². The van der Waals surface area contributed by atoms with Crippen LogP contribution in [-0.4, -0.2) is 61.5 Å². The van der Waals surface area contributed by atoms with E-state index in [2.05, 4.69) is 22.4 Å². The van der Waals surface area contributed by atoms with Crippen molar-refractivity contribution in [3.63, 3.8) is 0 Å². The monoisotopic (exact) mass is 642 g/mol. The predicted molar refractivity (Wildman–Crippen MR) is 184 cm³/mol. The molecule has 1 unspecified atom stereocenters. The molecule has 1 atom stereocenters. The van der Waals surface area contributed by atoms with Crippen LogP contribution in [-0.2, 0) is 16.0 Å². The van der Waals surface area contributed by atoms with Gasteiger partial charge in [-0.1, -0.05) is 91.0 Å². The predicted octanol–water partition coefficient (Wildman–Crippen LogP) is 6.07. The van der Waals surface area contributed by atoms with E-state index in [4.69, 9.17) is 15.5 Å². The van der Waals surface area contributed by atoms with E-state index in [1.54, 1.807) is 42.5 Å². The van der Waals surface area contributed by atoms with Crippen LogP contribution in [0, 0.1) is 5.41 Å². The van der Waals surface area contributed by atoms with Crippen molar-refractivity contribution in [1.29, 1.82) is 5.41 Å². The number of aliphatic carboxylic acids is 1. The largest absolute Gasteiger partial charge is 0.479 e. The Morgan fingerprint density at radius 2 is 1.44 bits per heavy atom. The number of imidazole rings is 1. The summed E-state index contributed by atoms with van der Waals surface area (Å²) in [4.78, 5) is 42.9. The fourth-order valence-electron chi connectivity index (χ4n) is 5.07. The maximum atomic E-state index is 12.4. The van der Waals surface area contributed by atoms with E-state index in [0.717, 1.165) is 29.5 Å². The number of benzene rings is 4. The topological polar surface area (TPSA) is 176 Å². The zero-order valence-corrected chi connectivity index (χ0v) is 25.9. The van der Waals surface area contributed by atoms with Gasteiger partial charge in [-0.2, -0.15) is 0 Å². The summed E-state index contributed by atoms with van der Waals surface area (Å²) >= 11 is 0. The molecule has 4 aromatic carbocycles. The lowest BCUT2D eigenvalue weighted by Crippen LogP contribution is -2.23. The van der Waals surface area contributed by atoms with Gasteiger partial charge in [-0.25, -0.2) is 14.6 Å². The Kier molecular flexibility index (Phi) is 10.7. The fraction of sp³-hybridized carbons (Fsp3) is 0.132. The second kappa shape index (κ2) is 15.4. The van der Waals surface area contributed by atoms with Crippen molar-refractivity contribution >= 4 is 29.6 Å². The molecule has 10 heteroatoms. The van der Waals surface area contributed by atoms with Crippen LogP contribution in [0.4, 0.5) is 0 Å². The van der Waals surface area contributed by atoms with Gasteiger partial charge >= 0.3 is 11.9 Å². The van der Waals surface area contributed by atoms with Crippen LogP contribution in [0.1, 0.15) is 39.9 Å². The fourth-order valence-corrected chi connectivity index (χ4v) is 5.07. The van der Waals surface area contributed by atoms with Gasteiger partial charge in [0.15, 0.2) is 6.10 Å². The van der Waals surface area contributed by atoms with Crippen LogP contribution < -0.4 is 5.32 Å². The van der Waals surface area contributed by atoms with Gasteiger partial charge in [0.2, 0.25) is 5.91 Å². The minimum absolute atomic E-state index is 0.0116. The van der Waals surface area contributed by atoms with Gasteiger partial charge in [-0.3, -0.25) is 4.79 Å².